The van der Waals surface area contributed by atoms with E-state index in [0.29, 0.717) is 6.07 Å². The van der Waals surface area contributed by atoms with Crippen LogP contribution >= 0.6 is 12.4 Å². The van der Waals surface area contributed by atoms with Crippen molar-refractivity contribution in [3.63, 3.8) is 0 Å². The number of nitrogens with two attached hydrogens (primary N) is 1. The van der Waals surface area contributed by atoms with E-state index in [9.17, 15) is 18.0 Å². The Kier molecular flexibility index (Phi) is 4.79. The molecular formula is C9H9ClF3NO3. The van der Waals surface area contributed by atoms with E-state index < -0.39 is 35.1 Å². The molecule has 1 rings (SSSR count). The van der Waals surface area contributed by atoms with Gasteiger partial charge in [-0.3, -0.25) is 0 Å². The highest BCUT2D eigenvalue weighted by atomic mass is 35.5. The molecule has 0 aliphatic rings. The summed E-state index contributed by atoms with van der Waals surface area (Å²) in [5, 5.41) is 17.7. The van der Waals surface area contributed by atoms with Crippen molar-refractivity contribution in [3.05, 3.63) is 29.3 Å². The number of phenols is 1. The zero-order valence-electron chi connectivity index (χ0n) is 8.23. The van der Waals surface area contributed by atoms with Crippen molar-refractivity contribution >= 4 is 18.4 Å². The quantitative estimate of drug-likeness (QED) is 0.769. The number of carboxylic acids is 1. The molecule has 0 saturated carbocycles. The van der Waals surface area contributed by atoms with Gasteiger partial charge in [-0.15, -0.1) is 12.4 Å². The molecule has 0 radical (unpaired) electrons. The molecule has 0 aliphatic heterocycles. The second-order valence-corrected chi connectivity index (χ2v) is 3.10. The van der Waals surface area contributed by atoms with Gasteiger partial charge in [-0.2, -0.15) is 13.2 Å². The lowest BCUT2D eigenvalue weighted by atomic mass is 10.0. The highest BCUT2D eigenvalue weighted by molar-refractivity contribution is 5.91. The van der Waals surface area contributed by atoms with Crippen LogP contribution in [0.15, 0.2) is 18.2 Å². The predicted octanol–water partition coefficient (Wildman–Crippen LogP) is 2.07. The number of halogens is 4. The van der Waals surface area contributed by atoms with Crippen LogP contribution in [0, 0.1) is 0 Å². The molecule has 17 heavy (non-hydrogen) atoms. The molecule has 4 nitrogen and oxygen atoms in total. The molecule has 0 aliphatic carbocycles. The van der Waals surface area contributed by atoms with Crippen molar-refractivity contribution in [2.45, 2.75) is 12.2 Å². The molecule has 0 spiro atoms. The average Bonchev–Trinajstić information content (AvgIpc) is 2.15. The Labute approximate surface area is 100 Å². The molecule has 1 atom stereocenters. The lowest BCUT2D eigenvalue weighted by Crippen LogP contribution is -2.28. The summed E-state index contributed by atoms with van der Waals surface area (Å²) in [6, 6.07) is 0.228. The van der Waals surface area contributed by atoms with Gasteiger partial charge in [0, 0.05) is 0 Å². The summed E-state index contributed by atoms with van der Waals surface area (Å²) in [5.41, 5.74) is 3.86. The van der Waals surface area contributed by atoms with Gasteiger partial charge in [0.2, 0.25) is 0 Å². The van der Waals surface area contributed by atoms with Crippen molar-refractivity contribution in [2.24, 2.45) is 5.73 Å². The van der Waals surface area contributed by atoms with Crippen LogP contribution in [0.4, 0.5) is 13.2 Å². The Bertz CT molecular complexity index is 422. The summed E-state index contributed by atoms with van der Waals surface area (Å²) in [4.78, 5) is 10.6. The number of carbonyl (C=O) groups is 1. The van der Waals surface area contributed by atoms with Gasteiger partial charge in [-0.05, 0) is 17.7 Å². The van der Waals surface area contributed by atoms with Crippen LogP contribution < -0.4 is 5.73 Å². The highest BCUT2D eigenvalue weighted by Gasteiger charge is 2.38. The van der Waals surface area contributed by atoms with Gasteiger partial charge in [0.25, 0.3) is 0 Å². The predicted molar refractivity (Wildman–Crippen MR) is 55.3 cm³/mol. The van der Waals surface area contributed by atoms with Gasteiger partial charge in [-0.1, -0.05) is 6.07 Å². The van der Waals surface area contributed by atoms with Crippen LogP contribution in [0.1, 0.15) is 22.0 Å². The van der Waals surface area contributed by atoms with Crippen LogP contribution in [-0.2, 0) is 0 Å². The van der Waals surface area contributed by atoms with Crippen LogP contribution in [0.25, 0.3) is 0 Å². The highest BCUT2D eigenvalue weighted by Crippen LogP contribution is 2.32. The first-order valence-electron chi connectivity index (χ1n) is 4.12. The Morgan fingerprint density at radius 1 is 1.35 bits per heavy atom. The molecule has 0 aromatic heterocycles. The number of benzene rings is 1. The molecule has 8 heteroatoms. The Hall–Kier alpha value is -1.47. The van der Waals surface area contributed by atoms with Crippen molar-refractivity contribution in [1.82, 2.24) is 0 Å². The first-order valence-corrected chi connectivity index (χ1v) is 4.12. The second-order valence-electron chi connectivity index (χ2n) is 3.10. The Morgan fingerprint density at radius 2 is 1.88 bits per heavy atom. The van der Waals surface area contributed by atoms with Gasteiger partial charge in [-0.25, -0.2) is 4.79 Å². The Balaban J connectivity index is 0.00000256. The number of rotatable bonds is 2. The minimum Gasteiger partial charge on any atom is -0.507 e. The van der Waals surface area contributed by atoms with E-state index in [4.69, 9.17) is 15.9 Å². The summed E-state index contributed by atoms with van der Waals surface area (Å²) in [5.74, 6) is -2.13. The molecule has 96 valence electrons. The smallest absolute Gasteiger partial charge is 0.407 e. The molecule has 4 N–H and O–H groups in total. The number of hydrogen-bond donors (Lipinski definition) is 3. The SMILES string of the molecule is Cl.N[C@H](c1ccc(O)c(C(=O)O)c1)C(F)(F)F. The maximum Gasteiger partial charge on any atom is 0.407 e. The molecule has 1 aromatic carbocycles. The average molecular weight is 272 g/mol. The second kappa shape index (κ2) is 5.24. The van der Waals surface area contributed by atoms with Gasteiger partial charge in [0.15, 0.2) is 0 Å². The van der Waals surface area contributed by atoms with Gasteiger partial charge in [0.05, 0.1) is 0 Å². The van der Waals surface area contributed by atoms with E-state index >= 15 is 0 Å². The molecule has 0 bridgehead atoms. The lowest BCUT2D eigenvalue weighted by molar-refractivity contribution is -0.149. The first kappa shape index (κ1) is 15.5. The van der Waals surface area contributed by atoms with E-state index in [1.807, 2.05) is 0 Å². The monoisotopic (exact) mass is 271 g/mol. The molecular weight excluding hydrogens is 263 g/mol. The largest absolute Gasteiger partial charge is 0.507 e. The molecule has 0 fully saturated rings. The summed E-state index contributed by atoms with van der Waals surface area (Å²) < 4.78 is 36.7. The van der Waals surface area contributed by atoms with Crippen molar-refractivity contribution < 1.29 is 28.2 Å². The Morgan fingerprint density at radius 3 is 2.29 bits per heavy atom. The van der Waals surface area contributed by atoms with Crippen molar-refractivity contribution in [1.29, 1.82) is 0 Å². The first-order chi connectivity index (χ1) is 7.23. The third-order valence-corrected chi connectivity index (χ3v) is 1.96. The summed E-state index contributed by atoms with van der Waals surface area (Å²) in [6.45, 7) is 0. The van der Waals surface area contributed by atoms with E-state index in [-0.39, 0.29) is 12.4 Å². The fourth-order valence-corrected chi connectivity index (χ4v) is 1.11. The van der Waals surface area contributed by atoms with Gasteiger partial charge >= 0.3 is 12.1 Å². The molecule has 0 saturated heterocycles. The topological polar surface area (TPSA) is 83.5 Å². The molecule has 0 heterocycles. The summed E-state index contributed by atoms with van der Waals surface area (Å²) in [7, 11) is 0. The molecule has 0 amide bonds. The molecule has 0 unspecified atom stereocenters. The van der Waals surface area contributed by atoms with Crippen LogP contribution in [0.3, 0.4) is 0 Å². The van der Waals surface area contributed by atoms with E-state index in [1.54, 1.807) is 0 Å². The maximum absolute atomic E-state index is 12.2. The number of carboxylic acid groups (broad SMARTS) is 1. The van der Waals surface area contributed by atoms with Crippen molar-refractivity contribution in [2.75, 3.05) is 0 Å². The minimum atomic E-state index is -4.66. The zero-order chi connectivity index (χ0) is 12.5. The fourth-order valence-electron chi connectivity index (χ4n) is 1.11. The lowest BCUT2D eigenvalue weighted by Gasteiger charge is -2.16. The minimum absolute atomic E-state index is 0. The van der Waals surface area contributed by atoms with E-state index in [0.717, 1.165) is 12.1 Å². The van der Waals surface area contributed by atoms with Gasteiger partial charge < -0.3 is 15.9 Å². The number of aromatic hydroxyl groups is 1. The zero-order valence-corrected chi connectivity index (χ0v) is 9.05. The number of hydrogen-bond acceptors (Lipinski definition) is 3. The maximum atomic E-state index is 12.2. The third-order valence-electron chi connectivity index (χ3n) is 1.96. The van der Waals surface area contributed by atoms with Crippen LogP contribution in [-0.4, -0.2) is 22.4 Å². The number of aromatic carboxylic acids is 1. The van der Waals surface area contributed by atoms with E-state index in [2.05, 4.69) is 0 Å². The fraction of sp³-hybridized carbons (Fsp3) is 0.222. The van der Waals surface area contributed by atoms with E-state index in [1.165, 1.54) is 0 Å². The van der Waals surface area contributed by atoms with Gasteiger partial charge in [0.1, 0.15) is 17.4 Å². The summed E-state index contributed by atoms with van der Waals surface area (Å²) >= 11 is 0. The van der Waals surface area contributed by atoms with Crippen LogP contribution in [0.2, 0.25) is 0 Å². The third kappa shape index (κ3) is 3.50. The summed E-state index contributed by atoms with van der Waals surface area (Å²) in [6.07, 6.45) is -4.66. The van der Waals surface area contributed by atoms with Crippen molar-refractivity contribution in [3.8, 4) is 5.75 Å². The number of alkyl halides is 3. The standard InChI is InChI=1S/C9H8F3NO3.ClH/c10-9(11,12)7(13)4-1-2-6(14)5(3-4)8(15)16;/h1-3,7,14H,13H2,(H,15,16);1H/t7-;/m1./s1. The van der Waals surface area contributed by atoms with Crippen LogP contribution in [0.5, 0.6) is 5.75 Å². The molecule has 1 aromatic rings. The normalized spacial score (nSPS) is 12.7.